The van der Waals surface area contributed by atoms with E-state index < -0.39 is 0 Å². The second kappa shape index (κ2) is 8.78. The van der Waals surface area contributed by atoms with E-state index in [0.717, 1.165) is 22.1 Å². The van der Waals surface area contributed by atoms with E-state index in [1.54, 1.807) is 21.3 Å². The molecule has 0 bridgehead atoms. The van der Waals surface area contributed by atoms with Gasteiger partial charge in [-0.1, -0.05) is 19.9 Å². The minimum absolute atomic E-state index is 0.453. The number of hydrogen-bond donors (Lipinski definition) is 0. The summed E-state index contributed by atoms with van der Waals surface area (Å²) in [7, 11) is 4.87. The second-order valence-electron chi connectivity index (χ2n) is 4.34. The van der Waals surface area contributed by atoms with Crippen molar-refractivity contribution in [2.24, 2.45) is 0 Å². The molecule has 0 N–H and O–H groups in total. The highest BCUT2D eigenvalue weighted by atomic mass is 16.5. The lowest BCUT2D eigenvalue weighted by Crippen LogP contribution is -1.95. The Morgan fingerprint density at radius 2 is 1.64 bits per heavy atom. The number of fused-ring (bicyclic) bond motifs is 1. The molecule has 0 heterocycles. The SMILES string of the molecule is CC.COc1cc2ccc(OC)c(OC)c2cc1CCC#N. The molecule has 0 aliphatic rings. The van der Waals surface area contributed by atoms with Crippen molar-refractivity contribution in [3.8, 4) is 23.3 Å². The lowest BCUT2D eigenvalue weighted by molar-refractivity contribution is 0.358. The van der Waals surface area contributed by atoms with Crippen molar-refractivity contribution in [1.82, 2.24) is 0 Å². The smallest absolute Gasteiger partial charge is 0.168 e. The summed E-state index contributed by atoms with van der Waals surface area (Å²) in [5, 5.41) is 10.7. The molecule has 0 saturated carbocycles. The van der Waals surface area contributed by atoms with E-state index >= 15 is 0 Å². The summed E-state index contributed by atoms with van der Waals surface area (Å²) in [5.41, 5.74) is 0.994. The van der Waals surface area contributed by atoms with Crippen LogP contribution in [0.4, 0.5) is 0 Å². The van der Waals surface area contributed by atoms with E-state index in [2.05, 4.69) is 6.07 Å². The molecule has 0 fully saturated rings. The Balaban J connectivity index is 0.00000116. The van der Waals surface area contributed by atoms with E-state index in [1.807, 2.05) is 38.1 Å². The van der Waals surface area contributed by atoms with Crippen LogP contribution in [0.2, 0.25) is 0 Å². The van der Waals surface area contributed by atoms with Gasteiger partial charge in [0.2, 0.25) is 0 Å². The highest BCUT2D eigenvalue weighted by Gasteiger charge is 2.12. The number of nitriles is 1. The number of benzene rings is 2. The van der Waals surface area contributed by atoms with Gasteiger partial charge >= 0.3 is 0 Å². The van der Waals surface area contributed by atoms with Crippen LogP contribution in [-0.2, 0) is 6.42 Å². The zero-order valence-corrected chi connectivity index (χ0v) is 13.9. The number of aryl methyl sites for hydroxylation is 1. The Labute approximate surface area is 132 Å². The number of rotatable bonds is 5. The van der Waals surface area contributed by atoms with E-state index in [-0.39, 0.29) is 0 Å². The lowest BCUT2D eigenvalue weighted by Gasteiger charge is -2.14. The average Bonchev–Trinajstić information content (AvgIpc) is 2.59. The molecule has 0 spiro atoms. The van der Waals surface area contributed by atoms with E-state index in [0.29, 0.717) is 24.3 Å². The molecular formula is C18H23NO3. The summed E-state index contributed by atoms with van der Waals surface area (Å²) in [4.78, 5) is 0. The van der Waals surface area contributed by atoms with Gasteiger partial charge in [-0.3, -0.25) is 0 Å². The van der Waals surface area contributed by atoms with Gasteiger partial charge in [0, 0.05) is 11.8 Å². The van der Waals surface area contributed by atoms with Crippen molar-refractivity contribution in [3.05, 3.63) is 29.8 Å². The summed E-state index contributed by atoms with van der Waals surface area (Å²) in [6.45, 7) is 4.00. The summed E-state index contributed by atoms with van der Waals surface area (Å²) in [5.74, 6) is 2.18. The van der Waals surface area contributed by atoms with Crippen LogP contribution < -0.4 is 14.2 Å². The monoisotopic (exact) mass is 301 g/mol. The van der Waals surface area contributed by atoms with Gasteiger partial charge < -0.3 is 14.2 Å². The van der Waals surface area contributed by atoms with Crippen molar-refractivity contribution >= 4 is 10.8 Å². The van der Waals surface area contributed by atoms with E-state index in [4.69, 9.17) is 19.5 Å². The number of ether oxygens (including phenoxy) is 3. The first-order valence-electron chi connectivity index (χ1n) is 7.33. The van der Waals surface area contributed by atoms with Gasteiger partial charge in [-0.05, 0) is 35.6 Å². The van der Waals surface area contributed by atoms with E-state index in [1.165, 1.54) is 0 Å². The molecular weight excluding hydrogens is 278 g/mol. The summed E-state index contributed by atoms with van der Waals surface area (Å²) < 4.78 is 16.2. The Morgan fingerprint density at radius 1 is 0.955 bits per heavy atom. The van der Waals surface area contributed by atoms with Crippen LogP contribution in [0, 0.1) is 11.3 Å². The molecule has 2 aromatic rings. The van der Waals surface area contributed by atoms with Gasteiger partial charge in [-0.2, -0.15) is 5.26 Å². The quantitative estimate of drug-likeness (QED) is 0.824. The van der Waals surface area contributed by atoms with Crippen LogP contribution in [0.3, 0.4) is 0 Å². The summed E-state index contributed by atoms with van der Waals surface area (Å²) in [6.07, 6.45) is 1.10. The molecule has 0 saturated heterocycles. The zero-order chi connectivity index (χ0) is 16.5. The molecule has 2 aromatic carbocycles. The summed E-state index contributed by atoms with van der Waals surface area (Å²) in [6, 6.07) is 9.96. The van der Waals surface area contributed by atoms with Crippen LogP contribution in [-0.4, -0.2) is 21.3 Å². The Morgan fingerprint density at radius 3 is 2.18 bits per heavy atom. The molecule has 0 aliphatic carbocycles. The minimum atomic E-state index is 0.453. The molecule has 4 nitrogen and oxygen atoms in total. The first kappa shape index (κ1) is 17.6. The maximum Gasteiger partial charge on any atom is 0.168 e. The third-order valence-electron chi connectivity index (χ3n) is 3.27. The fourth-order valence-electron chi connectivity index (χ4n) is 2.30. The van der Waals surface area contributed by atoms with Crippen LogP contribution in [0.15, 0.2) is 24.3 Å². The van der Waals surface area contributed by atoms with Crippen molar-refractivity contribution in [1.29, 1.82) is 5.26 Å². The van der Waals surface area contributed by atoms with Crippen LogP contribution in [0.5, 0.6) is 17.2 Å². The predicted molar refractivity (Wildman–Crippen MR) is 88.9 cm³/mol. The van der Waals surface area contributed by atoms with Crippen LogP contribution >= 0.6 is 0 Å². The van der Waals surface area contributed by atoms with Crippen LogP contribution in [0.25, 0.3) is 10.8 Å². The lowest BCUT2D eigenvalue weighted by atomic mass is 10.0. The molecule has 0 amide bonds. The number of nitrogens with zero attached hydrogens (tertiary/aromatic N) is 1. The molecule has 2 rings (SSSR count). The molecule has 0 atom stereocenters. The highest BCUT2D eigenvalue weighted by Crippen LogP contribution is 2.38. The first-order chi connectivity index (χ1) is 10.7. The molecule has 0 radical (unpaired) electrons. The fraction of sp³-hybridized carbons (Fsp3) is 0.389. The highest BCUT2D eigenvalue weighted by molar-refractivity contribution is 5.92. The number of hydrogen-bond acceptors (Lipinski definition) is 4. The standard InChI is InChI=1S/C16H17NO3.C2H6/c1-18-14-7-6-11-10-15(19-2)12(5-4-8-17)9-13(11)16(14)20-3;1-2/h6-7,9-10H,4-5H2,1-3H3;1-2H3. The summed E-state index contributed by atoms with van der Waals surface area (Å²) >= 11 is 0. The van der Waals surface area contributed by atoms with Gasteiger partial charge in [0.05, 0.1) is 27.4 Å². The molecule has 0 aliphatic heterocycles. The second-order valence-corrected chi connectivity index (χ2v) is 4.34. The minimum Gasteiger partial charge on any atom is -0.496 e. The maximum absolute atomic E-state index is 8.75. The number of methoxy groups -OCH3 is 3. The normalized spacial score (nSPS) is 9.45. The largest absolute Gasteiger partial charge is 0.496 e. The average molecular weight is 301 g/mol. The van der Waals surface area contributed by atoms with Gasteiger partial charge in [0.25, 0.3) is 0 Å². The maximum atomic E-state index is 8.75. The van der Waals surface area contributed by atoms with Crippen molar-refractivity contribution in [2.75, 3.05) is 21.3 Å². The predicted octanol–water partition coefficient (Wildman–Crippen LogP) is 4.35. The van der Waals surface area contributed by atoms with Gasteiger partial charge in [-0.25, -0.2) is 0 Å². The molecule has 118 valence electrons. The Kier molecular flexibility index (Phi) is 7.04. The van der Waals surface area contributed by atoms with Gasteiger partial charge in [0.15, 0.2) is 11.5 Å². The molecule has 0 aromatic heterocycles. The topological polar surface area (TPSA) is 51.5 Å². The third kappa shape index (κ3) is 3.62. The zero-order valence-electron chi connectivity index (χ0n) is 13.9. The first-order valence-corrected chi connectivity index (χ1v) is 7.33. The fourth-order valence-corrected chi connectivity index (χ4v) is 2.30. The van der Waals surface area contributed by atoms with Crippen molar-refractivity contribution < 1.29 is 14.2 Å². The Bertz CT molecular complexity index is 659. The molecule has 4 heteroatoms. The molecule has 22 heavy (non-hydrogen) atoms. The van der Waals surface area contributed by atoms with Gasteiger partial charge in [0.1, 0.15) is 5.75 Å². The Hall–Kier alpha value is -2.41. The van der Waals surface area contributed by atoms with Crippen LogP contribution in [0.1, 0.15) is 25.8 Å². The van der Waals surface area contributed by atoms with E-state index in [9.17, 15) is 0 Å². The van der Waals surface area contributed by atoms with Crippen molar-refractivity contribution in [3.63, 3.8) is 0 Å². The molecule has 0 unspecified atom stereocenters. The van der Waals surface area contributed by atoms with Crippen molar-refractivity contribution in [2.45, 2.75) is 26.7 Å². The third-order valence-corrected chi connectivity index (χ3v) is 3.27. The van der Waals surface area contributed by atoms with Gasteiger partial charge in [-0.15, -0.1) is 0 Å².